The van der Waals surface area contributed by atoms with E-state index in [2.05, 4.69) is 19.9 Å². The molecule has 1 N–H and O–H groups in total. The average Bonchev–Trinajstić information content (AvgIpc) is 3.04. The van der Waals surface area contributed by atoms with Crippen LogP contribution < -0.4 is 9.80 Å². The van der Waals surface area contributed by atoms with Gasteiger partial charge in [0.25, 0.3) is 0 Å². The SMILES string of the molecule is CN(C(=O)OC(C)(C)C)c1nc(N(C(=O)OC(C)(C)C)C(=O)OC(C)(C)C)nc2nc[nH]c12. The average molecular weight is 465 g/mol. The molecule has 0 aliphatic rings. The molecule has 0 radical (unpaired) electrons. The molecule has 3 amide bonds. The first-order chi connectivity index (χ1) is 14.9. The Balaban J connectivity index is 2.61. The van der Waals surface area contributed by atoms with Crippen LogP contribution in [0.15, 0.2) is 6.33 Å². The lowest BCUT2D eigenvalue weighted by molar-refractivity contribution is 0.0426. The highest BCUT2D eigenvalue weighted by Gasteiger charge is 2.36. The highest BCUT2D eigenvalue weighted by atomic mass is 16.6. The second-order valence-electron chi connectivity index (χ2n) is 10.3. The van der Waals surface area contributed by atoms with Crippen molar-refractivity contribution < 1.29 is 28.6 Å². The van der Waals surface area contributed by atoms with Crippen LogP contribution in [-0.2, 0) is 14.2 Å². The van der Waals surface area contributed by atoms with E-state index in [0.29, 0.717) is 10.4 Å². The second-order valence-corrected chi connectivity index (χ2v) is 10.3. The Kier molecular flexibility index (Phi) is 6.91. The predicted octanol–water partition coefficient (Wildman–Crippen LogP) is 4.40. The van der Waals surface area contributed by atoms with Gasteiger partial charge < -0.3 is 19.2 Å². The van der Waals surface area contributed by atoms with Gasteiger partial charge in [-0.1, -0.05) is 0 Å². The number of ether oxygens (including phenoxy) is 3. The van der Waals surface area contributed by atoms with Gasteiger partial charge >= 0.3 is 18.3 Å². The number of H-pyrrole nitrogens is 1. The van der Waals surface area contributed by atoms with Crippen molar-refractivity contribution in [1.29, 1.82) is 0 Å². The lowest BCUT2D eigenvalue weighted by Crippen LogP contribution is -2.45. The summed E-state index contributed by atoms with van der Waals surface area (Å²) >= 11 is 0. The number of anilines is 2. The van der Waals surface area contributed by atoms with Crippen LogP contribution in [0.25, 0.3) is 11.2 Å². The molecular formula is C21H32N6O6. The van der Waals surface area contributed by atoms with E-state index in [-0.39, 0.29) is 17.4 Å². The monoisotopic (exact) mass is 464 g/mol. The Morgan fingerprint density at radius 1 is 0.788 bits per heavy atom. The van der Waals surface area contributed by atoms with Crippen molar-refractivity contribution in [3.63, 3.8) is 0 Å². The molecule has 12 heteroatoms. The molecule has 2 rings (SSSR count). The number of carbonyl (C=O) groups is 3. The van der Waals surface area contributed by atoms with Crippen molar-refractivity contribution in [3.05, 3.63) is 6.33 Å². The maximum Gasteiger partial charge on any atom is 0.427 e. The molecule has 182 valence electrons. The molecule has 12 nitrogen and oxygen atoms in total. The van der Waals surface area contributed by atoms with Gasteiger partial charge in [-0.15, -0.1) is 4.90 Å². The Morgan fingerprint density at radius 3 is 1.70 bits per heavy atom. The summed E-state index contributed by atoms with van der Waals surface area (Å²) in [6, 6.07) is 0. The number of hydrogen-bond acceptors (Lipinski definition) is 9. The number of aromatic amines is 1. The lowest BCUT2D eigenvalue weighted by Gasteiger charge is -2.28. The van der Waals surface area contributed by atoms with Crippen LogP contribution in [-0.4, -0.2) is 62.1 Å². The second kappa shape index (κ2) is 8.83. The zero-order valence-electron chi connectivity index (χ0n) is 20.8. The van der Waals surface area contributed by atoms with Gasteiger partial charge in [0.15, 0.2) is 11.5 Å². The molecule has 0 saturated heterocycles. The van der Waals surface area contributed by atoms with Gasteiger partial charge in [0, 0.05) is 7.05 Å². The quantitative estimate of drug-likeness (QED) is 0.640. The first-order valence-electron chi connectivity index (χ1n) is 10.3. The van der Waals surface area contributed by atoms with Gasteiger partial charge in [-0.2, -0.15) is 9.97 Å². The number of amides is 3. The van der Waals surface area contributed by atoms with Crippen molar-refractivity contribution in [3.8, 4) is 0 Å². The maximum absolute atomic E-state index is 13.0. The Labute approximate surface area is 192 Å². The molecule has 0 aromatic carbocycles. The van der Waals surface area contributed by atoms with Crippen molar-refractivity contribution in [2.24, 2.45) is 0 Å². The molecule has 2 heterocycles. The minimum absolute atomic E-state index is 0.0406. The van der Waals surface area contributed by atoms with Crippen molar-refractivity contribution in [1.82, 2.24) is 19.9 Å². The Bertz CT molecular complexity index is 1020. The fourth-order valence-corrected chi connectivity index (χ4v) is 2.42. The summed E-state index contributed by atoms with van der Waals surface area (Å²) in [6.07, 6.45) is -1.44. The van der Waals surface area contributed by atoms with Gasteiger partial charge in [0.2, 0.25) is 5.95 Å². The minimum Gasteiger partial charge on any atom is -0.443 e. The van der Waals surface area contributed by atoms with Crippen LogP contribution in [0.3, 0.4) is 0 Å². The van der Waals surface area contributed by atoms with Crippen molar-refractivity contribution >= 4 is 41.2 Å². The van der Waals surface area contributed by atoms with Gasteiger partial charge in [0.1, 0.15) is 22.3 Å². The van der Waals surface area contributed by atoms with E-state index in [4.69, 9.17) is 14.2 Å². The van der Waals surface area contributed by atoms with Gasteiger partial charge in [-0.3, -0.25) is 4.90 Å². The number of nitrogens with one attached hydrogen (secondary N) is 1. The maximum atomic E-state index is 13.0. The van der Waals surface area contributed by atoms with Crippen LogP contribution in [0.4, 0.5) is 26.1 Å². The third kappa shape index (κ3) is 7.02. The fraction of sp³-hybridized carbons (Fsp3) is 0.619. The Hall–Kier alpha value is -3.44. The smallest absolute Gasteiger partial charge is 0.427 e. The first-order valence-corrected chi connectivity index (χ1v) is 10.3. The summed E-state index contributed by atoms with van der Waals surface area (Å²) in [6.45, 7) is 15.1. The number of hydrogen-bond donors (Lipinski definition) is 1. The number of nitrogens with zero attached hydrogens (tertiary/aromatic N) is 5. The zero-order valence-corrected chi connectivity index (χ0v) is 20.8. The largest absolute Gasteiger partial charge is 0.443 e. The van der Waals surface area contributed by atoms with E-state index >= 15 is 0 Å². The highest BCUT2D eigenvalue weighted by Crippen LogP contribution is 2.27. The van der Waals surface area contributed by atoms with E-state index in [1.165, 1.54) is 13.4 Å². The zero-order chi connectivity index (χ0) is 25.4. The summed E-state index contributed by atoms with van der Waals surface area (Å²) in [4.78, 5) is 55.7. The molecule has 33 heavy (non-hydrogen) atoms. The van der Waals surface area contributed by atoms with E-state index in [9.17, 15) is 14.4 Å². The van der Waals surface area contributed by atoms with E-state index in [1.807, 2.05) is 0 Å². The summed E-state index contributed by atoms with van der Waals surface area (Å²) in [5.74, 6) is -0.331. The third-order valence-electron chi connectivity index (χ3n) is 3.59. The molecule has 0 fully saturated rings. The van der Waals surface area contributed by atoms with Crippen LogP contribution in [0.2, 0.25) is 0 Å². The molecule has 2 aromatic heterocycles. The molecule has 0 unspecified atom stereocenters. The summed E-state index contributed by atoms with van der Waals surface area (Å²) in [5.41, 5.74) is -2.16. The molecule has 0 aliphatic carbocycles. The van der Waals surface area contributed by atoms with Crippen molar-refractivity contribution in [2.75, 3.05) is 16.8 Å². The Morgan fingerprint density at radius 2 is 1.24 bits per heavy atom. The summed E-state index contributed by atoms with van der Waals surface area (Å²) in [5, 5.41) is 0. The fourth-order valence-electron chi connectivity index (χ4n) is 2.42. The molecular weight excluding hydrogens is 432 g/mol. The summed E-state index contributed by atoms with van der Waals surface area (Å²) in [7, 11) is 1.44. The molecule has 0 spiro atoms. The van der Waals surface area contributed by atoms with Gasteiger partial charge in [-0.25, -0.2) is 19.4 Å². The van der Waals surface area contributed by atoms with Crippen molar-refractivity contribution in [2.45, 2.75) is 79.1 Å². The number of aromatic nitrogens is 4. The van der Waals surface area contributed by atoms with Gasteiger partial charge in [-0.05, 0) is 62.3 Å². The minimum atomic E-state index is -1.04. The van der Waals surface area contributed by atoms with E-state index < -0.39 is 35.1 Å². The molecule has 0 atom stereocenters. The number of imidazole rings is 1. The summed E-state index contributed by atoms with van der Waals surface area (Å²) < 4.78 is 16.1. The first kappa shape index (κ1) is 25.8. The van der Waals surface area contributed by atoms with E-state index in [1.54, 1.807) is 62.3 Å². The molecule has 2 aromatic rings. The molecule has 0 aliphatic heterocycles. The normalized spacial score (nSPS) is 12.3. The highest BCUT2D eigenvalue weighted by molar-refractivity contribution is 6.09. The number of carbonyl (C=O) groups excluding carboxylic acids is 3. The third-order valence-corrected chi connectivity index (χ3v) is 3.59. The molecule has 0 saturated carbocycles. The van der Waals surface area contributed by atoms with Crippen LogP contribution >= 0.6 is 0 Å². The van der Waals surface area contributed by atoms with Crippen LogP contribution in [0, 0.1) is 0 Å². The van der Waals surface area contributed by atoms with Crippen LogP contribution in [0.1, 0.15) is 62.3 Å². The van der Waals surface area contributed by atoms with E-state index in [0.717, 1.165) is 4.90 Å². The lowest BCUT2D eigenvalue weighted by atomic mass is 10.2. The topological polar surface area (TPSA) is 140 Å². The number of imide groups is 1. The molecule has 0 bridgehead atoms. The predicted molar refractivity (Wildman–Crippen MR) is 121 cm³/mol. The van der Waals surface area contributed by atoms with Gasteiger partial charge in [0.05, 0.1) is 6.33 Å². The number of fused-ring (bicyclic) bond motifs is 1. The standard InChI is InChI=1S/C21H32N6O6/c1-19(2,3)31-16(28)26(10)14-12-13(23-11-22-12)24-15(25-14)27(17(29)32-20(4,5)6)18(30)33-21(7,8)9/h11H,1-10H3,(H,22,23,24,25). The van der Waals surface area contributed by atoms with Crippen LogP contribution in [0.5, 0.6) is 0 Å². The number of rotatable bonds is 2.